The number of rotatable bonds is 2. The normalized spacial score (nSPS) is 14.5. The molecule has 0 saturated carbocycles. The fraction of sp³-hybridized carbons (Fsp3) is 0.211. The van der Waals surface area contributed by atoms with E-state index in [1.54, 1.807) is 9.80 Å². The highest BCUT2D eigenvalue weighted by Crippen LogP contribution is 2.23. The highest BCUT2D eigenvalue weighted by molar-refractivity contribution is 7.13. The molecule has 1 aromatic heterocycles. The number of nitrogens with one attached hydrogen (secondary N) is 1. The lowest BCUT2D eigenvalue weighted by molar-refractivity contribution is 0.0669. The molecule has 1 fully saturated rings. The molecule has 0 aliphatic carbocycles. The van der Waals surface area contributed by atoms with Gasteiger partial charge in [-0.05, 0) is 29.7 Å². The first-order valence-electron chi connectivity index (χ1n) is 8.47. The number of piperazine rings is 1. The minimum absolute atomic E-state index is 0.0643. The number of nitrogens with zero attached hydrogens (tertiary/aromatic N) is 3. The van der Waals surface area contributed by atoms with Crippen molar-refractivity contribution in [3.05, 3.63) is 60.3 Å². The number of aromatic nitrogens is 1. The number of urea groups is 1. The zero-order valence-electron chi connectivity index (χ0n) is 14.1. The van der Waals surface area contributed by atoms with E-state index in [0.717, 1.165) is 15.8 Å². The second kappa shape index (κ2) is 7.13. The molecule has 132 valence electrons. The van der Waals surface area contributed by atoms with Crippen LogP contribution in [-0.4, -0.2) is 52.3 Å². The van der Waals surface area contributed by atoms with Gasteiger partial charge in [0.2, 0.25) is 0 Å². The minimum Gasteiger partial charge on any atom is -0.334 e. The molecule has 0 unspecified atom stereocenters. The Bertz CT molecular complexity index is 933. The fourth-order valence-electron chi connectivity index (χ4n) is 3.03. The molecule has 4 rings (SSSR count). The smallest absolute Gasteiger partial charge is 0.321 e. The first-order valence-corrected chi connectivity index (χ1v) is 9.24. The van der Waals surface area contributed by atoms with Crippen LogP contribution in [0.1, 0.15) is 10.5 Å². The Balaban J connectivity index is 1.39. The van der Waals surface area contributed by atoms with Crippen LogP contribution in [0.2, 0.25) is 0 Å². The summed E-state index contributed by atoms with van der Waals surface area (Å²) in [5.41, 5.74) is 1.28. The van der Waals surface area contributed by atoms with E-state index in [9.17, 15) is 9.59 Å². The average Bonchev–Trinajstić information content (AvgIpc) is 3.12. The Morgan fingerprint density at radius 3 is 2.31 bits per heavy atom. The van der Waals surface area contributed by atoms with Crippen LogP contribution in [0.3, 0.4) is 0 Å². The maximum atomic E-state index is 12.8. The molecule has 0 radical (unpaired) electrons. The van der Waals surface area contributed by atoms with Crippen molar-refractivity contribution >= 4 is 39.2 Å². The molecule has 0 atom stereocenters. The third-order valence-corrected chi connectivity index (χ3v) is 5.29. The summed E-state index contributed by atoms with van der Waals surface area (Å²) in [4.78, 5) is 28.6. The van der Waals surface area contributed by atoms with Gasteiger partial charge in [0, 0.05) is 37.3 Å². The van der Waals surface area contributed by atoms with Crippen LogP contribution in [0.25, 0.3) is 10.1 Å². The molecule has 26 heavy (non-hydrogen) atoms. The maximum absolute atomic E-state index is 12.8. The van der Waals surface area contributed by atoms with Crippen LogP contribution in [0.5, 0.6) is 0 Å². The Hall–Kier alpha value is -2.93. The lowest BCUT2D eigenvalue weighted by Crippen LogP contribution is -2.51. The molecular formula is C19H18N4O2S. The second-order valence-corrected chi connectivity index (χ2v) is 6.91. The zero-order chi connectivity index (χ0) is 17.9. The van der Waals surface area contributed by atoms with Crippen molar-refractivity contribution in [1.82, 2.24) is 14.2 Å². The van der Waals surface area contributed by atoms with Crippen LogP contribution in [0, 0.1) is 0 Å². The molecule has 3 aromatic rings. The maximum Gasteiger partial charge on any atom is 0.321 e. The number of anilines is 1. The highest BCUT2D eigenvalue weighted by atomic mass is 32.1. The number of amides is 3. The van der Waals surface area contributed by atoms with Gasteiger partial charge < -0.3 is 15.1 Å². The average molecular weight is 366 g/mol. The number of hydrogen-bond donors (Lipinski definition) is 1. The molecule has 1 saturated heterocycles. The predicted molar refractivity (Wildman–Crippen MR) is 103 cm³/mol. The summed E-state index contributed by atoms with van der Waals surface area (Å²) in [7, 11) is 0. The van der Waals surface area contributed by atoms with E-state index < -0.39 is 0 Å². The second-order valence-electron chi connectivity index (χ2n) is 6.10. The van der Waals surface area contributed by atoms with E-state index in [2.05, 4.69) is 9.69 Å². The number of carbonyl (C=O) groups is 2. The Kier molecular flexibility index (Phi) is 4.53. The summed E-state index contributed by atoms with van der Waals surface area (Å²) < 4.78 is 5.35. The first-order chi connectivity index (χ1) is 12.7. The van der Waals surface area contributed by atoms with E-state index in [4.69, 9.17) is 0 Å². The van der Waals surface area contributed by atoms with Gasteiger partial charge in [0.05, 0.1) is 4.70 Å². The Morgan fingerprint density at radius 2 is 1.54 bits per heavy atom. The van der Waals surface area contributed by atoms with Crippen molar-refractivity contribution in [2.75, 3.05) is 31.5 Å². The lowest BCUT2D eigenvalue weighted by atomic mass is 10.2. The Labute approximate surface area is 155 Å². The lowest BCUT2D eigenvalue weighted by Gasteiger charge is -2.34. The van der Waals surface area contributed by atoms with Gasteiger partial charge in [0.15, 0.2) is 0 Å². The van der Waals surface area contributed by atoms with Crippen molar-refractivity contribution in [1.29, 1.82) is 0 Å². The van der Waals surface area contributed by atoms with Gasteiger partial charge in [-0.3, -0.25) is 4.79 Å². The third kappa shape index (κ3) is 3.25. The van der Waals surface area contributed by atoms with Crippen LogP contribution < -0.4 is 5.32 Å². The summed E-state index contributed by atoms with van der Waals surface area (Å²) >= 11 is 1.34. The van der Waals surface area contributed by atoms with Crippen molar-refractivity contribution in [3.63, 3.8) is 0 Å². The third-order valence-electron chi connectivity index (χ3n) is 4.46. The standard InChI is InChI=1S/C19H18N4O2S/c24-18(17-15-8-4-5-9-16(15)26-21-17)22-10-12-23(13-11-22)19(25)20-14-6-2-1-3-7-14/h1-9H,10-13H2,(H,20,25). The van der Waals surface area contributed by atoms with Gasteiger partial charge in [-0.1, -0.05) is 36.4 Å². The van der Waals surface area contributed by atoms with Crippen molar-refractivity contribution < 1.29 is 9.59 Å². The van der Waals surface area contributed by atoms with E-state index in [1.165, 1.54) is 11.5 Å². The molecule has 1 aliphatic rings. The summed E-state index contributed by atoms with van der Waals surface area (Å²) in [6.07, 6.45) is 0. The van der Waals surface area contributed by atoms with Crippen LogP contribution in [-0.2, 0) is 0 Å². The number of carbonyl (C=O) groups excluding carboxylic acids is 2. The van der Waals surface area contributed by atoms with Crippen molar-refractivity contribution in [2.45, 2.75) is 0 Å². The number of hydrogen-bond acceptors (Lipinski definition) is 4. The van der Waals surface area contributed by atoms with E-state index in [-0.39, 0.29) is 11.9 Å². The molecule has 2 aromatic carbocycles. The van der Waals surface area contributed by atoms with Gasteiger partial charge in [-0.25, -0.2) is 4.79 Å². The SMILES string of the molecule is O=C(Nc1ccccc1)N1CCN(C(=O)c2nsc3ccccc23)CC1. The molecule has 1 N–H and O–H groups in total. The topological polar surface area (TPSA) is 65.5 Å². The molecule has 3 amide bonds. The monoisotopic (exact) mass is 366 g/mol. The molecule has 0 bridgehead atoms. The van der Waals surface area contributed by atoms with E-state index in [0.29, 0.717) is 31.9 Å². The van der Waals surface area contributed by atoms with Gasteiger partial charge in [0.25, 0.3) is 5.91 Å². The summed E-state index contributed by atoms with van der Waals surface area (Å²) in [6.45, 7) is 2.03. The minimum atomic E-state index is -0.137. The number of para-hydroxylation sites is 1. The predicted octanol–water partition coefficient (Wildman–Crippen LogP) is 3.29. The zero-order valence-corrected chi connectivity index (χ0v) is 14.9. The summed E-state index contributed by atoms with van der Waals surface area (Å²) in [5.74, 6) is -0.0643. The van der Waals surface area contributed by atoms with Crippen LogP contribution in [0.4, 0.5) is 10.5 Å². The number of fused-ring (bicyclic) bond motifs is 1. The van der Waals surface area contributed by atoms with Gasteiger partial charge in [-0.2, -0.15) is 4.37 Å². The first kappa shape index (κ1) is 16.5. The van der Waals surface area contributed by atoms with Crippen LogP contribution in [0.15, 0.2) is 54.6 Å². The highest BCUT2D eigenvalue weighted by Gasteiger charge is 2.27. The molecule has 6 nitrogen and oxygen atoms in total. The summed E-state index contributed by atoms with van der Waals surface area (Å²) in [5, 5.41) is 3.78. The molecule has 2 heterocycles. The van der Waals surface area contributed by atoms with E-state index in [1.807, 2.05) is 54.6 Å². The van der Waals surface area contributed by atoms with Gasteiger partial charge in [0.1, 0.15) is 5.69 Å². The summed E-state index contributed by atoms with van der Waals surface area (Å²) in [6, 6.07) is 17.0. The molecular weight excluding hydrogens is 348 g/mol. The molecule has 7 heteroatoms. The van der Waals surface area contributed by atoms with Crippen molar-refractivity contribution in [3.8, 4) is 0 Å². The Morgan fingerprint density at radius 1 is 0.885 bits per heavy atom. The number of benzene rings is 2. The largest absolute Gasteiger partial charge is 0.334 e. The molecule has 0 spiro atoms. The fourth-order valence-corrected chi connectivity index (χ4v) is 3.80. The van der Waals surface area contributed by atoms with Gasteiger partial charge in [-0.15, -0.1) is 0 Å². The van der Waals surface area contributed by atoms with Crippen LogP contribution >= 0.6 is 11.5 Å². The van der Waals surface area contributed by atoms with Crippen molar-refractivity contribution in [2.24, 2.45) is 0 Å². The quantitative estimate of drug-likeness (QED) is 0.757. The van der Waals surface area contributed by atoms with Gasteiger partial charge >= 0.3 is 6.03 Å². The van der Waals surface area contributed by atoms with E-state index >= 15 is 0 Å². The molecule has 1 aliphatic heterocycles.